The van der Waals surface area contributed by atoms with Gasteiger partial charge in [0.25, 0.3) is 5.91 Å². The highest BCUT2D eigenvalue weighted by molar-refractivity contribution is 6.31. The number of nitriles is 1. The molecule has 5 heteroatoms. The number of nitrogens with zero attached hydrogens (tertiary/aromatic N) is 1. The Balaban J connectivity index is 2.04. The zero-order valence-corrected chi connectivity index (χ0v) is 14.9. The predicted molar refractivity (Wildman–Crippen MR) is 99.1 cm³/mol. The third-order valence-corrected chi connectivity index (χ3v) is 3.70. The lowest BCUT2D eigenvalue weighted by molar-refractivity contribution is -0.117. The van der Waals surface area contributed by atoms with Crippen molar-refractivity contribution >= 4 is 23.6 Å². The molecule has 1 N–H and O–H groups in total. The molecular formula is C20H19ClN2O2. The van der Waals surface area contributed by atoms with Gasteiger partial charge >= 0.3 is 0 Å². The average molecular weight is 355 g/mol. The highest BCUT2D eigenvalue weighted by Crippen LogP contribution is 2.19. The van der Waals surface area contributed by atoms with Crippen LogP contribution in [0.5, 0.6) is 5.75 Å². The average Bonchev–Trinajstić information content (AvgIpc) is 2.59. The Bertz CT molecular complexity index is 805. The van der Waals surface area contributed by atoms with Gasteiger partial charge in [-0.05, 0) is 43.7 Å². The van der Waals surface area contributed by atoms with Crippen LogP contribution in [-0.2, 0) is 11.4 Å². The van der Waals surface area contributed by atoms with Gasteiger partial charge in [0.15, 0.2) is 0 Å². The van der Waals surface area contributed by atoms with E-state index in [4.69, 9.17) is 21.6 Å². The molecule has 2 aromatic rings. The Kier molecular flexibility index (Phi) is 6.62. The second kappa shape index (κ2) is 8.91. The molecule has 0 aromatic heterocycles. The van der Waals surface area contributed by atoms with Crippen LogP contribution in [-0.4, -0.2) is 11.9 Å². The summed E-state index contributed by atoms with van der Waals surface area (Å²) in [4.78, 5) is 11.9. The Labute approximate surface area is 152 Å². The van der Waals surface area contributed by atoms with Crippen LogP contribution < -0.4 is 10.1 Å². The third-order valence-electron chi connectivity index (χ3n) is 3.33. The monoisotopic (exact) mass is 354 g/mol. The summed E-state index contributed by atoms with van der Waals surface area (Å²) in [6, 6.07) is 16.6. The minimum atomic E-state index is -0.378. The molecule has 0 bridgehead atoms. The molecule has 0 aliphatic carbocycles. The standard InChI is InChI=1S/C20H19ClN2O2/c1-14(2)23-20(24)17(12-22)11-15-7-9-18(10-8-15)25-13-16-5-3-4-6-19(16)21/h3-11,14H,13H2,1-2H3,(H,23,24)/b17-11-. The molecule has 0 saturated heterocycles. The number of halogens is 1. The summed E-state index contributed by atoms with van der Waals surface area (Å²) in [5.74, 6) is 0.304. The van der Waals surface area contributed by atoms with Crippen molar-refractivity contribution in [2.24, 2.45) is 0 Å². The molecule has 0 spiro atoms. The van der Waals surface area contributed by atoms with Crippen LogP contribution in [0, 0.1) is 11.3 Å². The fourth-order valence-electron chi connectivity index (χ4n) is 2.09. The number of rotatable bonds is 6. The molecule has 0 aliphatic rings. The minimum Gasteiger partial charge on any atom is -0.489 e. The summed E-state index contributed by atoms with van der Waals surface area (Å²) in [7, 11) is 0. The van der Waals surface area contributed by atoms with Gasteiger partial charge in [0, 0.05) is 16.6 Å². The van der Waals surface area contributed by atoms with Gasteiger partial charge in [-0.2, -0.15) is 5.26 Å². The molecule has 0 radical (unpaired) electrons. The van der Waals surface area contributed by atoms with Crippen LogP contribution in [0.1, 0.15) is 25.0 Å². The van der Waals surface area contributed by atoms with Gasteiger partial charge in [-0.15, -0.1) is 0 Å². The summed E-state index contributed by atoms with van der Waals surface area (Å²) in [6.07, 6.45) is 1.55. The maximum Gasteiger partial charge on any atom is 0.262 e. The molecule has 0 aliphatic heterocycles. The molecular weight excluding hydrogens is 336 g/mol. The van der Waals surface area contributed by atoms with E-state index in [2.05, 4.69) is 5.32 Å². The first kappa shape index (κ1) is 18.6. The van der Waals surface area contributed by atoms with E-state index in [1.54, 1.807) is 30.3 Å². The Morgan fingerprint density at radius 1 is 1.24 bits per heavy atom. The molecule has 25 heavy (non-hydrogen) atoms. The lowest BCUT2D eigenvalue weighted by Gasteiger charge is -2.08. The van der Waals surface area contributed by atoms with Gasteiger partial charge in [0.05, 0.1) is 0 Å². The second-order valence-electron chi connectivity index (χ2n) is 5.75. The molecule has 1 amide bonds. The number of hydrogen-bond donors (Lipinski definition) is 1. The maximum atomic E-state index is 11.9. The Morgan fingerprint density at radius 2 is 1.92 bits per heavy atom. The predicted octanol–water partition coefficient (Wildman–Crippen LogP) is 4.35. The number of amides is 1. The molecule has 2 aromatic carbocycles. The lowest BCUT2D eigenvalue weighted by Crippen LogP contribution is -2.30. The number of benzene rings is 2. The number of nitrogens with one attached hydrogen (secondary N) is 1. The van der Waals surface area contributed by atoms with Crippen LogP contribution in [0.4, 0.5) is 0 Å². The molecule has 0 saturated carbocycles. The normalized spacial score (nSPS) is 11.1. The molecule has 4 nitrogen and oxygen atoms in total. The van der Waals surface area contributed by atoms with E-state index in [-0.39, 0.29) is 17.5 Å². The highest BCUT2D eigenvalue weighted by atomic mass is 35.5. The summed E-state index contributed by atoms with van der Waals surface area (Å²) >= 11 is 6.10. The van der Waals surface area contributed by atoms with Crippen molar-refractivity contribution in [1.29, 1.82) is 5.26 Å². The van der Waals surface area contributed by atoms with E-state index in [0.29, 0.717) is 17.4 Å². The van der Waals surface area contributed by atoms with Crippen molar-refractivity contribution in [3.63, 3.8) is 0 Å². The van der Waals surface area contributed by atoms with E-state index in [1.807, 2.05) is 44.2 Å². The van der Waals surface area contributed by atoms with Crippen molar-refractivity contribution < 1.29 is 9.53 Å². The van der Waals surface area contributed by atoms with Crippen molar-refractivity contribution in [3.8, 4) is 11.8 Å². The van der Waals surface area contributed by atoms with Gasteiger partial charge in [-0.3, -0.25) is 4.79 Å². The van der Waals surface area contributed by atoms with Gasteiger partial charge in [-0.1, -0.05) is 41.9 Å². The van der Waals surface area contributed by atoms with Crippen LogP contribution in [0.25, 0.3) is 6.08 Å². The first-order valence-electron chi connectivity index (χ1n) is 7.88. The van der Waals surface area contributed by atoms with Gasteiger partial charge in [0.2, 0.25) is 0 Å². The first-order chi connectivity index (χ1) is 12.0. The zero-order chi connectivity index (χ0) is 18.2. The van der Waals surface area contributed by atoms with E-state index < -0.39 is 0 Å². The number of hydrogen-bond acceptors (Lipinski definition) is 3. The molecule has 2 rings (SSSR count). The minimum absolute atomic E-state index is 0.0233. The van der Waals surface area contributed by atoms with Crippen molar-refractivity contribution in [2.75, 3.05) is 0 Å². The zero-order valence-electron chi connectivity index (χ0n) is 14.1. The third kappa shape index (κ3) is 5.66. The van der Waals surface area contributed by atoms with Crippen molar-refractivity contribution in [1.82, 2.24) is 5.32 Å². The summed E-state index contributed by atoms with van der Waals surface area (Å²) in [5, 5.41) is 12.5. The smallest absolute Gasteiger partial charge is 0.262 e. The number of carbonyl (C=O) groups is 1. The molecule has 0 heterocycles. The van der Waals surface area contributed by atoms with Crippen molar-refractivity contribution in [2.45, 2.75) is 26.5 Å². The molecule has 0 fully saturated rings. The maximum absolute atomic E-state index is 11.9. The van der Waals surface area contributed by atoms with Crippen LogP contribution in [0.15, 0.2) is 54.1 Å². The SMILES string of the molecule is CC(C)NC(=O)/C(C#N)=C\c1ccc(OCc2ccccc2Cl)cc1. The van der Waals surface area contributed by atoms with Crippen LogP contribution in [0.2, 0.25) is 5.02 Å². The number of ether oxygens (including phenoxy) is 1. The van der Waals surface area contributed by atoms with Gasteiger partial charge < -0.3 is 10.1 Å². The van der Waals surface area contributed by atoms with E-state index >= 15 is 0 Å². The van der Waals surface area contributed by atoms with Crippen LogP contribution >= 0.6 is 11.6 Å². The Hall–Kier alpha value is -2.77. The Morgan fingerprint density at radius 3 is 2.52 bits per heavy atom. The molecule has 128 valence electrons. The topological polar surface area (TPSA) is 62.1 Å². The van der Waals surface area contributed by atoms with Gasteiger partial charge in [0.1, 0.15) is 24.0 Å². The van der Waals surface area contributed by atoms with Gasteiger partial charge in [-0.25, -0.2) is 0 Å². The summed E-state index contributed by atoms with van der Waals surface area (Å²) < 4.78 is 5.71. The first-order valence-corrected chi connectivity index (χ1v) is 8.26. The fraction of sp³-hybridized carbons (Fsp3) is 0.200. The summed E-state index contributed by atoms with van der Waals surface area (Å²) in [5.41, 5.74) is 1.73. The van der Waals surface area contributed by atoms with E-state index in [1.165, 1.54) is 0 Å². The second-order valence-corrected chi connectivity index (χ2v) is 6.15. The fourth-order valence-corrected chi connectivity index (χ4v) is 2.28. The highest BCUT2D eigenvalue weighted by Gasteiger charge is 2.10. The summed E-state index contributed by atoms with van der Waals surface area (Å²) in [6.45, 7) is 4.06. The van der Waals surface area contributed by atoms with E-state index in [9.17, 15) is 4.79 Å². The lowest BCUT2D eigenvalue weighted by atomic mass is 10.1. The quantitative estimate of drug-likeness (QED) is 0.619. The van der Waals surface area contributed by atoms with E-state index in [0.717, 1.165) is 11.1 Å². The number of carbonyl (C=O) groups excluding carboxylic acids is 1. The van der Waals surface area contributed by atoms with Crippen LogP contribution in [0.3, 0.4) is 0 Å². The van der Waals surface area contributed by atoms with Crippen molar-refractivity contribution in [3.05, 3.63) is 70.3 Å². The molecule has 0 unspecified atom stereocenters. The largest absolute Gasteiger partial charge is 0.489 e. The molecule has 0 atom stereocenters.